The number of rotatable bonds is 7. The topological polar surface area (TPSA) is 95.3 Å². The van der Waals surface area contributed by atoms with Crippen LogP contribution in [0.5, 0.6) is 0 Å². The first kappa shape index (κ1) is 25.1. The number of imidazole rings is 1. The summed E-state index contributed by atoms with van der Waals surface area (Å²) in [5, 5.41) is 3.31. The van der Waals surface area contributed by atoms with Crippen molar-refractivity contribution in [2.24, 2.45) is 0 Å². The van der Waals surface area contributed by atoms with Gasteiger partial charge in [0.25, 0.3) is 0 Å². The third-order valence-electron chi connectivity index (χ3n) is 6.59. The number of nitrogens with one attached hydrogen (secondary N) is 1. The van der Waals surface area contributed by atoms with E-state index in [0.717, 1.165) is 28.3 Å². The number of amides is 2. The van der Waals surface area contributed by atoms with Crippen LogP contribution in [0, 0.1) is 0 Å². The van der Waals surface area contributed by atoms with E-state index in [1.165, 1.54) is 0 Å². The molecule has 0 bridgehead atoms. The highest BCUT2D eigenvalue weighted by atomic mass is 16.6. The van der Waals surface area contributed by atoms with Crippen LogP contribution in [0.3, 0.4) is 0 Å². The normalized spacial score (nSPS) is 13.4. The number of fused-ring (bicyclic) bond motifs is 1. The second-order valence-corrected chi connectivity index (χ2v) is 9.32. The van der Waals surface area contributed by atoms with Gasteiger partial charge < -0.3 is 24.8 Å². The van der Waals surface area contributed by atoms with Crippen LogP contribution in [0.15, 0.2) is 73.2 Å². The highest BCUT2D eigenvalue weighted by Crippen LogP contribution is 2.29. The summed E-state index contributed by atoms with van der Waals surface area (Å²) in [6.07, 6.45) is 4.85. The zero-order valence-electron chi connectivity index (χ0n) is 21.6. The first-order valence-electron chi connectivity index (χ1n) is 12.6. The van der Waals surface area contributed by atoms with E-state index in [-0.39, 0.29) is 25.2 Å². The molecule has 3 heterocycles. The highest BCUT2D eigenvalue weighted by Gasteiger charge is 2.25. The molecule has 1 aliphatic rings. The van der Waals surface area contributed by atoms with Crippen LogP contribution in [0.25, 0.3) is 16.9 Å². The van der Waals surface area contributed by atoms with Crippen LogP contribution in [0.2, 0.25) is 0 Å². The fourth-order valence-corrected chi connectivity index (χ4v) is 4.41. The quantitative estimate of drug-likeness (QED) is 0.405. The minimum absolute atomic E-state index is 0.0415. The van der Waals surface area contributed by atoms with Gasteiger partial charge in [-0.2, -0.15) is 0 Å². The van der Waals surface area contributed by atoms with E-state index in [0.29, 0.717) is 31.8 Å². The number of hydrogen-bond acceptors (Lipinski definition) is 7. The molecule has 196 valence electrons. The van der Waals surface area contributed by atoms with Gasteiger partial charge in [0.05, 0.1) is 12.7 Å². The zero-order chi connectivity index (χ0) is 26.5. The van der Waals surface area contributed by atoms with E-state index < -0.39 is 0 Å². The Labute approximate surface area is 221 Å². The number of anilines is 2. The second-order valence-electron chi connectivity index (χ2n) is 9.32. The van der Waals surface area contributed by atoms with Gasteiger partial charge in [-0.05, 0) is 17.7 Å². The zero-order valence-corrected chi connectivity index (χ0v) is 21.6. The molecule has 10 nitrogen and oxygen atoms in total. The van der Waals surface area contributed by atoms with Crippen molar-refractivity contribution in [3.63, 3.8) is 0 Å². The molecular formula is C28H31N7O3. The van der Waals surface area contributed by atoms with Gasteiger partial charge in [0, 0.05) is 63.9 Å². The van der Waals surface area contributed by atoms with E-state index >= 15 is 0 Å². The van der Waals surface area contributed by atoms with Crippen molar-refractivity contribution >= 4 is 29.2 Å². The fourth-order valence-electron chi connectivity index (χ4n) is 4.41. The summed E-state index contributed by atoms with van der Waals surface area (Å²) >= 11 is 0. The van der Waals surface area contributed by atoms with Gasteiger partial charge in [0.2, 0.25) is 5.91 Å². The summed E-state index contributed by atoms with van der Waals surface area (Å²) < 4.78 is 7.33. The Bertz CT molecular complexity index is 1400. The van der Waals surface area contributed by atoms with Crippen LogP contribution in [-0.2, 0) is 16.1 Å². The third kappa shape index (κ3) is 5.54. The second kappa shape index (κ2) is 11.2. The standard InChI is InChI=1S/C28H31N7O3/c1-32(2)23-10-8-22(9-11-23)26-27(35-13-12-29-18-24(35)31-26)30-19-25(36)33-14-16-34(17-15-33)28(37)38-20-21-6-4-3-5-7-21/h3-13,18,30H,14-17,19-20H2,1-2H3. The Hall–Kier alpha value is -4.60. The molecule has 2 aromatic carbocycles. The van der Waals surface area contributed by atoms with E-state index in [9.17, 15) is 9.59 Å². The van der Waals surface area contributed by atoms with Gasteiger partial charge in [0.1, 0.15) is 18.1 Å². The van der Waals surface area contributed by atoms with Crippen molar-refractivity contribution in [1.82, 2.24) is 24.2 Å². The number of piperazine rings is 1. The van der Waals surface area contributed by atoms with Crippen molar-refractivity contribution in [3.05, 3.63) is 78.8 Å². The summed E-state index contributed by atoms with van der Waals surface area (Å²) in [4.78, 5) is 39.9. The molecule has 5 rings (SSSR count). The van der Waals surface area contributed by atoms with Crippen LogP contribution in [0.4, 0.5) is 16.3 Å². The Kier molecular flexibility index (Phi) is 7.39. The molecule has 1 saturated heterocycles. The molecule has 0 saturated carbocycles. The number of ether oxygens (including phenoxy) is 1. The first-order valence-corrected chi connectivity index (χ1v) is 12.6. The van der Waals surface area contributed by atoms with Crippen molar-refractivity contribution in [2.75, 3.05) is 57.0 Å². The van der Waals surface area contributed by atoms with Crippen molar-refractivity contribution in [1.29, 1.82) is 0 Å². The van der Waals surface area contributed by atoms with Gasteiger partial charge in [-0.15, -0.1) is 0 Å². The highest BCUT2D eigenvalue weighted by molar-refractivity contribution is 5.84. The molecule has 1 N–H and O–H groups in total. The van der Waals surface area contributed by atoms with Crippen LogP contribution in [0.1, 0.15) is 5.56 Å². The van der Waals surface area contributed by atoms with Gasteiger partial charge >= 0.3 is 6.09 Å². The van der Waals surface area contributed by atoms with E-state index in [1.54, 1.807) is 22.2 Å². The van der Waals surface area contributed by atoms with Gasteiger partial charge in [-0.1, -0.05) is 42.5 Å². The van der Waals surface area contributed by atoms with Gasteiger partial charge in [-0.3, -0.25) is 14.2 Å². The lowest BCUT2D eigenvalue weighted by molar-refractivity contribution is -0.130. The van der Waals surface area contributed by atoms with Crippen LogP contribution < -0.4 is 10.2 Å². The lowest BCUT2D eigenvalue weighted by Gasteiger charge is -2.34. The summed E-state index contributed by atoms with van der Waals surface area (Å²) in [7, 11) is 4.00. The summed E-state index contributed by atoms with van der Waals surface area (Å²) in [6.45, 7) is 2.12. The van der Waals surface area contributed by atoms with E-state index in [2.05, 4.69) is 10.3 Å². The number of hydrogen-bond donors (Lipinski definition) is 1. The smallest absolute Gasteiger partial charge is 0.410 e. The molecule has 0 atom stereocenters. The molecule has 10 heteroatoms. The van der Waals surface area contributed by atoms with Crippen molar-refractivity contribution in [3.8, 4) is 11.3 Å². The third-order valence-corrected chi connectivity index (χ3v) is 6.59. The maximum Gasteiger partial charge on any atom is 0.410 e. The molecule has 1 aliphatic heterocycles. The fraction of sp³-hybridized carbons (Fsp3) is 0.286. The number of carbonyl (C=O) groups excluding carboxylic acids is 2. The molecule has 38 heavy (non-hydrogen) atoms. The molecular weight excluding hydrogens is 482 g/mol. The Morgan fingerprint density at radius 3 is 2.39 bits per heavy atom. The largest absolute Gasteiger partial charge is 0.445 e. The number of carbonyl (C=O) groups is 2. The minimum atomic E-state index is -0.358. The predicted molar refractivity (Wildman–Crippen MR) is 146 cm³/mol. The maximum atomic E-state index is 13.1. The summed E-state index contributed by atoms with van der Waals surface area (Å²) in [6, 6.07) is 17.7. The van der Waals surface area contributed by atoms with Crippen molar-refractivity contribution < 1.29 is 14.3 Å². The number of aromatic nitrogens is 3. The molecule has 2 aromatic heterocycles. The number of benzene rings is 2. The molecule has 0 radical (unpaired) electrons. The molecule has 0 aliphatic carbocycles. The molecule has 0 unspecified atom stereocenters. The SMILES string of the molecule is CN(C)c1ccc(-c2nc3cnccn3c2NCC(=O)N2CCN(C(=O)OCc3ccccc3)CC2)cc1. The summed E-state index contributed by atoms with van der Waals surface area (Å²) in [5.41, 5.74) is 4.42. The Morgan fingerprint density at radius 2 is 1.68 bits per heavy atom. The van der Waals surface area contributed by atoms with Gasteiger partial charge in [0.15, 0.2) is 5.65 Å². The Morgan fingerprint density at radius 1 is 0.974 bits per heavy atom. The average molecular weight is 514 g/mol. The van der Waals surface area contributed by atoms with Crippen LogP contribution >= 0.6 is 0 Å². The van der Waals surface area contributed by atoms with Crippen molar-refractivity contribution in [2.45, 2.75) is 6.61 Å². The molecule has 2 amide bonds. The predicted octanol–water partition coefficient (Wildman–Crippen LogP) is 3.36. The lowest BCUT2D eigenvalue weighted by atomic mass is 10.1. The van der Waals surface area contributed by atoms with Crippen LogP contribution in [-0.4, -0.2) is 83.0 Å². The van der Waals surface area contributed by atoms with E-state index in [1.807, 2.05) is 84.2 Å². The minimum Gasteiger partial charge on any atom is -0.445 e. The molecule has 1 fully saturated rings. The monoisotopic (exact) mass is 513 g/mol. The first-order chi connectivity index (χ1) is 18.5. The van der Waals surface area contributed by atoms with E-state index in [4.69, 9.17) is 9.72 Å². The lowest BCUT2D eigenvalue weighted by Crippen LogP contribution is -2.51. The van der Waals surface area contributed by atoms with Gasteiger partial charge in [-0.25, -0.2) is 9.78 Å². The molecule has 4 aromatic rings. The maximum absolute atomic E-state index is 13.1. The average Bonchev–Trinajstić information content (AvgIpc) is 3.34. The Balaban J connectivity index is 1.20. The molecule has 0 spiro atoms. The summed E-state index contributed by atoms with van der Waals surface area (Å²) in [5.74, 6) is 0.691. The number of nitrogens with zero attached hydrogens (tertiary/aromatic N) is 6.